The van der Waals surface area contributed by atoms with E-state index < -0.39 is 5.97 Å². The lowest BCUT2D eigenvalue weighted by molar-refractivity contribution is -0.141. The van der Waals surface area contributed by atoms with Crippen molar-refractivity contribution in [2.24, 2.45) is 5.92 Å². The van der Waals surface area contributed by atoms with Crippen molar-refractivity contribution in [1.82, 2.24) is 4.90 Å². The summed E-state index contributed by atoms with van der Waals surface area (Å²) in [7, 11) is 0. The van der Waals surface area contributed by atoms with Crippen LogP contribution in [0, 0.1) is 5.92 Å². The smallest absolute Gasteiger partial charge is 0.307 e. The number of benzene rings is 1. The third-order valence-electron chi connectivity index (χ3n) is 3.03. The number of likely N-dealkylation sites (tertiary alicyclic amines) is 1. The van der Waals surface area contributed by atoms with Gasteiger partial charge >= 0.3 is 5.97 Å². The van der Waals surface area contributed by atoms with Crippen LogP contribution in [0.25, 0.3) is 0 Å². The summed E-state index contributed by atoms with van der Waals surface area (Å²) in [6.45, 7) is 2.23. The number of aliphatic carboxylic acids is 1. The van der Waals surface area contributed by atoms with Crippen LogP contribution in [-0.2, 0) is 11.3 Å². The van der Waals surface area contributed by atoms with Crippen molar-refractivity contribution in [3.05, 3.63) is 33.3 Å². The Hall–Kier alpha value is -0.580. The van der Waals surface area contributed by atoms with Crippen LogP contribution in [0.2, 0.25) is 5.02 Å². The topological polar surface area (TPSA) is 40.5 Å². The Kier molecular flexibility index (Phi) is 4.07. The first-order valence-electron chi connectivity index (χ1n) is 5.45. The van der Waals surface area contributed by atoms with E-state index in [1.54, 1.807) is 0 Å². The zero-order valence-electron chi connectivity index (χ0n) is 9.20. The first kappa shape index (κ1) is 12.9. The van der Waals surface area contributed by atoms with Gasteiger partial charge in [-0.3, -0.25) is 9.69 Å². The molecule has 0 aliphatic carbocycles. The van der Waals surface area contributed by atoms with E-state index in [-0.39, 0.29) is 5.92 Å². The molecule has 1 aliphatic heterocycles. The predicted octanol–water partition coefficient (Wildman–Crippen LogP) is 3.01. The van der Waals surface area contributed by atoms with Crippen LogP contribution in [0.5, 0.6) is 0 Å². The van der Waals surface area contributed by atoms with E-state index in [0.717, 1.165) is 29.5 Å². The fourth-order valence-electron chi connectivity index (χ4n) is 2.07. The molecule has 1 aromatic carbocycles. The van der Waals surface area contributed by atoms with Gasteiger partial charge in [-0.15, -0.1) is 0 Å². The number of rotatable bonds is 3. The van der Waals surface area contributed by atoms with Crippen molar-refractivity contribution < 1.29 is 9.90 Å². The highest BCUT2D eigenvalue weighted by Crippen LogP contribution is 2.25. The Morgan fingerprint density at radius 3 is 2.94 bits per heavy atom. The average molecular weight is 319 g/mol. The van der Waals surface area contributed by atoms with Gasteiger partial charge in [0.25, 0.3) is 0 Å². The molecule has 1 aliphatic rings. The van der Waals surface area contributed by atoms with Crippen LogP contribution in [0.15, 0.2) is 22.7 Å². The first-order chi connectivity index (χ1) is 8.06. The standard InChI is InChI=1S/C12H13BrClNO2/c13-11-5-10(14)2-1-8(11)6-15-4-3-9(7-15)12(16)17/h1-2,5,9H,3-4,6-7H2,(H,16,17). The van der Waals surface area contributed by atoms with Gasteiger partial charge in [0.05, 0.1) is 5.92 Å². The lowest BCUT2D eigenvalue weighted by atomic mass is 10.1. The summed E-state index contributed by atoms with van der Waals surface area (Å²) in [6, 6.07) is 5.69. The van der Waals surface area contributed by atoms with Gasteiger partial charge in [0.15, 0.2) is 0 Å². The zero-order valence-corrected chi connectivity index (χ0v) is 11.5. The fourth-order valence-corrected chi connectivity index (χ4v) is 2.88. The maximum atomic E-state index is 10.9. The molecule has 1 atom stereocenters. The van der Waals surface area contributed by atoms with E-state index in [4.69, 9.17) is 16.7 Å². The molecule has 0 spiro atoms. The van der Waals surface area contributed by atoms with Gasteiger partial charge in [0, 0.05) is 22.6 Å². The van der Waals surface area contributed by atoms with E-state index in [2.05, 4.69) is 20.8 Å². The van der Waals surface area contributed by atoms with E-state index in [1.807, 2.05) is 18.2 Å². The average Bonchev–Trinajstić information content (AvgIpc) is 2.71. The summed E-state index contributed by atoms with van der Waals surface area (Å²) < 4.78 is 0.976. The number of hydrogen-bond acceptors (Lipinski definition) is 2. The summed E-state index contributed by atoms with van der Waals surface area (Å²) in [6.07, 6.45) is 0.737. The number of carbonyl (C=O) groups is 1. The van der Waals surface area contributed by atoms with Crippen molar-refractivity contribution in [3.8, 4) is 0 Å². The van der Waals surface area contributed by atoms with Crippen molar-refractivity contribution in [3.63, 3.8) is 0 Å². The SMILES string of the molecule is O=C(O)C1CCN(Cc2ccc(Cl)cc2Br)C1. The minimum atomic E-state index is -0.692. The summed E-state index contributed by atoms with van der Waals surface area (Å²) >= 11 is 9.35. The minimum Gasteiger partial charge on any atom is -0.481 e. The number of carboxylic acid groups (broad SMARTS) is 1. The highest BCUT2D eigenvalue weighted by molar-refractivity contribution is 9.10. The van der Waals surface area contributed by atoms with Crippen LogP contribution >= 0.6 is 27.5 Å². The van der Waals surface area contributed by atoms with Gasteiger partial charge in [-0.2, -0.15) is 0 Å². The second-order valence-corrected chi connectivity index (χ2v) is 5.59. The summed E-state index contributed by atoms with van der Waals surface area (Å²) in [5.74, 6) is -0.913. The van der Waals surface area contributed by atoms with Gasteiger partial charge in [0.2, 0.25) is 0 Å². The van der Waals surface area contributed by atoms with Gasteiger partial charge in [-0.25, -0.2) is 0 Å². The van der Waals surface area contributed by atoms with Crippen LogP contribution in [0.4, 0.5) is 0 Å². The Labute approximate surface area is 114 Å². The Morgan fingerprint density at radius 2 is 2.35 bits per heavy atom. The second-order valence-electron chi connectivity index (χ2n) is 4.29. The summed E-state index contributed by atoms with van der Waals surface area (Å²) in [5, 5.41) is 9.63. The molecule has 0 bridgehead atoms. The Balaban J connectivity index is 2.00. The van der Waals surface area contributed by atoms with Crippen molar-refractivity contribution in [1.29, 1.82) is 0 Å². The monoisotopic (exact) mass is 317 g/mol. The number of nitrogens with zero attached hydrogens (tertiary/aromatic N) is 1. The van der Waals surface area contributed by atoms with E-state index in [1.165, 1.54) is 0 Å². The minimum absolute atomic E-state index is 0.221. The summed E-state index contributed by atoms with van der Waals surface area (Å²) in [5.41, 5.74) is 1.14. The molecule has 5 heteroatoms. The van der Waals surface area contributed by atoms with E-state index in [9.17, 15) is 4.79 Å². The highest BCUT2D eigenvalue weighted by atomic mass is 79.9. The zero-order chi connectivity index (χ0) is 12.4. The lowest BCUT2D eigenvalue weighted by Crippen LogP contribution is -2.22. The first-order valence-corrected chi connectivity index (χ1v) is 6.62. The van der Waals surface area contributed by atoms with Crippen LogP contribution in [0.1, 0.15) is 12.0 Å². The van der Waals surface area contributed by atoms with Crippen molar-refractivity contribution >= 4 is 33.5 Å². The Morgan fingerprint density at radius 1 is 1.59 bits per heavy atom. The number of carboxylic acids is 1. The third kappa shape index (κ3) is 3.21. The fraction of sp³-hybridized carbons (Fsp3) is 0.417. The molecule has 0 saturated carbocycles. The van der Waals surface area contributed by atoms with E-state index >= 15 is 0 Å². The highest BCUT2D eigenvalue weighted by Gasteiger charge is 2.27. The molecular formula is C12H13BrClNO2. The molecule has 0 amide bonds. The molecular weight excluding hydrogens is 305 g/mol. The normalized spacial score (nSPS) is 20.7. The lowest BCUT2D eigenvalue weighted by Gasteiger charge is -2.16. The van der Waals surface area contributed by atoms with Gasteiger partial charge in [-0.1, -0.05) is 33.6 Å². The Bertz CT molecular complexity index is 439. The predicted molar refractivity (Wildman–Crippen MR) is 70.2 cm³/mol. The quantitative estimate of drug-likeness (QED) is 0.931. The van der Waals surface area contributed by atoms with Crippen LogP contribution < -0.4 is 0 Å². The van der Waals surface area contributed by atoms with Crippen LogP contribution in [-0.4, -0.2) is 29.1 Å². The largest absolute Gasteiger partial charge is 0.481 e. The summed E-state index contributed by atoms with van der Waals surface area (Å²) in [4.78, 5) is 13.0. The maximum Gasteiger partial charge on any atom is 0.307 e. The third-order valence-corrected chi connectivity index (χ3v) is 4.00. The molecule has 1 fully saturated rings. The molecule has 1 heterocycles. The molecule has 1 aromatic rings. The van der Waals surface area contributed by atoms with Crippen molar-refractivity contribution in [2.45, 2.75) is 13.0 Å². The number of halogens is 2. The molecule has 1 unspecified atom stereocenters. The number of hydrogen-bond donors (Lipinski definition) is 1. The van der Waals surface area contributed by atoms with Crippen LogP contribution in [0.3, 0.4) is 0 Å². The second kappa shape index (κ2) is 5.38. The maximum absolute atomic E-state index is 10.9. The molecule has 0 aromatic heterocycles. The van der Waals surface area contributed by atoms with Gasteiger partial charge in [-0.05, 0) is 30.7 Å². The van der Waals surface area contributed by atoms with Gasteiger partial charge in [0.1, 0.15) is 0 Å². The molecule has 17 heavy (non-hydrogen) atoms. The molecule has 1 saturated heterocycles. The molecule has 2 rings (SSSR count). The van der Waals surface area contributed by atoms with Crippen molar-refractivity contribution in [2.75, 3.05) is 13.1 Å². The van der Waals surface area contributed by atoms with Gasteiger partial charge < -0.3 is 5.11 Å². The van der Waals surface area contributed by atoms with E-state index in [0.29, 0.717) is 11.6 Å². The molecule has 1 N–H and O–H groups in total. The molecule has 0 radical (unpaired) electrons. The molecule has 3 nitrogen and oxygen atoms in total. The molecule has 92 valence electrons.